The average Bonchev–Trinajstić information content (AvgIpc) is 2.25. The van der Waals surface area contributed by atoms with Gasteiger partial charge in [0.2, 0.25) is 0 Å². The second-order valence-corrected chi connectivity index (χ2v) is 4.20. The van der Waals surface area contributed by atoms with Crippen molar-refractivity contribution < 1.29 is 0 Å². The Morgan fingerprint density at radius 1 is 1.40 bits per heavy atom. The molecule has 15 heavy (non-hydrogen) atoms. The second-order valence-electron chi connectivity index (χ2n) is 3.80. The number of benzene rings is 1. The van der Waals surface area contributed by atoms with E-state index in [1.54, 1.807) is 0 Å². The van der Waals surface area contributed by atoms with Crippen LogP contribution in [0.4, 0.5) is 0 Å². The monoisotopic (exact) mass is 222 g/mol. The van der Waals surface area contributed by atoms with Gasteiger partial charge in [0.05, 0.1) is 0 Å². The molecule has 0 aromatic heterocycles. The maximum absolute atomic E-state index is 5.98. The lowest BCUT2D eigenvalue weighted by Crippen LogP contribution is -2.40. The zero-order valence-corrected chi connectivity index (χ0v) is 9.59. The maximum atomic E-state index is 5.98. The molecule has 1 heterocycles. The molecule has 0 amide bonds. The van der Waals surface area contributed by atoms with Crippen LogP contribution < -0.4 is 5.43 Å². The van der Waals surface area contributed by atoms with Gasteiger partial charge in [0.25, 0.3) is 0 Å². The highest BCUT2D eigenvalue weighted by atomic mass is 35.5. The third kappa shape index (κ3) is 2.81. The number of hydrogen-bond acceptors (Lipinski definition) is 2. The molecule has 0 bridgehead atoms. The quantitative estimate of drug-likeness (QED) is 0.774. The molecule has 1 aromatic rings. The highest BCUT2D eigenvalue weighted by Crippen LogP contribution is 2.17. The third-order valence-electron chi connectivity index (χ3n) is 2.52. The molecule has 0 fully saturated rings. The summed E-state index contributed by atoms with van der Waals surface area (Å²) in [6, 6.07) is 6.18. The van der Waals surface area contributed by atoms with Crippen molar-refractivity contribution in [2.24, 2.45) is 0 Å². The molecular weight excluding hydrogens is 208 g/mol. The van der Waals surface area contributed by atoms with Crippen molar-refractivity contribution in [1.82, 2.24) is 10.4 Å². The average molecular weight is 223 g/mol. The van der Waals surface area contributed by atoms with Crippen molar-refractivity contribution in [1.29, 1.82) is 0 Å². The van der Waals surface area contributed by atoms with E-state index in [0.29, 0.717) is 0 Å². The molecule has 0 saturated carbocycles. The first kappa shape index (κ1) is 10.7. The highest BCUT2D eigenvalue weighted by molar-refractivity contribution is 6.31. The third-order valence-corrected chi connectivity index (χ3v) is 2.95. The molecule has 80 valence electrons. The van der Waals surface area contributed by atoms with E-state index < -0.39 is 0 Å². The van der Waals surface area contributed by atoms with Crippen LogP contribution in [0.15, 0.2) is 30.4 Å². The number of halogens is 1. The van der Waals surface area contributed by atoms with Gasteiger partial charge in [-0.25, -0.2) is 5.01 Å². The fourth-order valence-corrected chi connectivity index (χ4v) is 1.79. The number of aryl methyl sites for hydroxylation is 1. The van der Waals surface area contributed by atoms with E-state index in [1.165, 1.54) is 5.56 Å². The largest absolute Gasteiger partial charge is 0.251 e. The molecule has 2 nitrogen and oxygen atoms in total. The molecule has 1 N–H and O–H groups in total. The first-order valence-corrected chi connectivity index (χ1v) is 5.52. The van der Waals surface area contributed by atoms with E-state index in [-0.39, 0.29) is 0 Å². The molecule has 1 aromatic carbocycles. The summed E-state index contributed by atoms with van der Waals surface area (Å²) in [5, 5.41) is 3.04. The Labute approximate surface area is 95.5 Å². The predicted octanol–water partition coefficient (Wildman–Crippen LogP) is 2.52. The lowest BCUT2D eigenvalue weighted by atomic mass is 10.1. The zero-order chi connectivity index (χ0) is 10.7. The second kappa shape index (κ2) is 4.79. The standard InChI is InChI=1S/C12H15ClN2/c1-10-8-11(4-5-12(10)13)9-15-7-3-2-6-14-15/h2-5,8,14H,6-7,9H2,1H3. The normalized spacial score (nSPS) is 16.9. The summed E-state index contributed by atoms with van der Waals surface area (Å²) < 4.78 is 0. The Hall–Kier alpha value is -0.830. The van der Waals surface area contributed by atoms with E-state index >= 15 is 0 Å². The molecule has 2 rings (SSSR count). The molecule has 0 spiro atoms. The van der Waals surface area contributed by atoms with Gasteiger partial charge in [-0.2, -0.15) is 0 Å². The molecule has 0 aliphatic carbocycles. The van der Waals surface area contributed by atoms with Gasteiger partial charge in [-0.1, -0.05) is 35.9 Å². The van der Waals surface area contributed by atoms with Crippen LogP contribution in [-0.4, -0.2) is 18.1 Å². The topological polar surface area (TPSA) is 15.3 Å². The van der Waals surface area contributed by atoms with Gasteiger partial charge in [-0.15, -0.1) is 0 Å². The minimum absolute atomic E-state index is 0.838. The number of hydrazine groups is 1. The van der Waals surface area contributed by atoms with Crippen LogP contribution in [0.5, 0.6) is 0 Å². The van der Waals surface area contributed by atoms with Crippen LogP contribution in [-0.2, 0) is 6.54 Å². The fourth-order valence-electron chi connectivity index (χ4n) is 1.68. The highest BCUT2D eigenvalue weighted by Gasteiger charge is 2.06. The Bertz CT molecular complexity index is 374. The van der Waals surface area contributed by atoms with Gasteiger partial charge in [-0.3, -0.25) is 5.43 Å². The number of nitrogens with zero attached hydrogens (tertiary/aromatic N) is 1. The van der Waals surface area contributed by atoms with Crippen molar-refractivity contribution in [3.8, 4) is 0 Å². The summed E-state index contributed by atoms with van der Waals surface area (Å²) in [6.45, 7) is 4.84. The molecular formula is C12H15ClN2. The number of hydrogen-bond donors (Lipinski definition) is 1. The summed E-state index contributed by atoms with van der Waals surface area (Å²) in [5.41, 5.74) is 5.75. The zero-order valence-electron chi connectivity index (χ0n) is 8.83. The summed E-state index contributed by atoms with van der Waals surface area (Å²) in [6.07, 6.45) is 4.32. The van der Waals surface area contributed by atoms with Crippen molar-refractivity contribution in [3.05, 3.63) is 46.5 Å². The van der Waals surface area contributed by atoms with E-state index in [0.717, 1.165) is 30.2 Å². The van der Waals surface area contributed by atoms with Crippen LogP contribution in [0.2, 0.25) is 5.02 Å². The van der Waals surface area contributed by atoms with Crippen LogP contribution in [0.25, 0.3) is 0 Å². The van der Waals surface area contributed by atoms with Gasteiger partial charge in [0.1, 0.15) is 0 Å². The Morgan fingerprint density at radius 3 is 2.93 bits per heavy atom. The minimum Gasteiger partial charge on any atom is -0.251 e. The Kier molecular flexibility index (Phi) is 3.41. The van der Waals surface area contributed by atoms with Crippen molar-refractivity contribution in [2.75, 3.05) is 13.1 Å². The van der Waals surface area contributed by atoms with Gasteiger partial charge in [-0.05, 0) is 24.1 Å². The van der Waals surface area contributed by atoms with E-state index in [4.69, 9.17) is 11.6 Å². The Morgan fingerprint density at radius 2 is 2.27 bits per heavy atom. The van der Waals surface area contributed by atoms with E-state index in [2.05, 4.69) is 34.7 Å². The lowest BCUT2D eigenvalue weighted by molar-refractivity contribution is 0.202. The van der Waals surface area contributed by atoms with E-state index in [9.17, 15) is 0 Å². The molecule has 0 atom stereocenters. The molecule has 0 saturated heterocycles. The minimum atomic E-state index is 0.838. The molecule has 1 aliphatic rings. The summed E-state index contributed by atoms with van der Waals surface area (Å²) in [7, 11) is 0. The summed E-state index contributed by atoms with van der Waals surface area (Å²) >= 11 is 5.98. The van der Waals surface area contributed by atoms with Crippen LogP contribution in [0, 0.1) is 6.92 Å². The smallest absolute Gasteiger partial charge is 0.0435 e. The molecule has 0 radical (unpaired) electrons. The number of rotatable bonds is 2. The van der Waals surface area contributed by atoms with Crippen molar-refractivity contribution in [3.63, 3.8) is 0 Å². The van der Waals surface area contributed by atoms with Crippen LogP contribution in [0.1, 0.15) is 11.1 Å². The van der Waals surface area contributed by atoms with Crippen LogP contribution in [0.3, 0.4) is 0 Å². The van der Waals surface area contributed by atoms with Gasteiger partial charge >= 0.3 is 0 Å². The first-order valence-electron chi connectivity index (χ1n) is 5.14. The SMILES string of the molecule is Cc1cc(CN2CC=CCN2)ccc1Cl. The summed E-state index contributed by atoms with van der Waals surface area (Å²) in [4.78, 5) is 0. The predicted molar refractivity (Wildman–Crippen MR) is 63.7 cm³/mol. The van der Waals surface area contributed by atoms with Gasteiger partial charge < -0.3 is 0 Å². The first-order chi connectivity index (χ1) is 7.25. The fraction of sp³-hybridized carbons (Fsp3) is 0.333. The number of nitrogens with one attached hydrogen (secondary N) is 1. The van der Waals surface area contributed by atoms with Gasteiger partial charge in [0, 0.05) is 24.7 Å². The summed E-state index contributed by atoms with van der Waals surface area (Å²) in [5.74, 6) is 0. The lowest BCUT2D eigenvalue weighted by Gasteiger charge is -2.24. The molecule has 1 aliphatic heterocycles. The van der Waals surface area contributed by atoms with Crippen LogP contribution >= 0.6 is 11.6 Å². The Balaban J connectivity index is 2.04. The molecule has 3 heteroatoms. The van der Waals surface area contributed by atoms with Crippen molar-refractivity contribution >= 4 is 11.6 Å². The molecule has 0 unspecified atom stereocenters. The van der Waals surface area contributed by atoms with Gasteiger partial charge in [0.15, 0.2) is 0 Å². The maximum Gasteiger partial charge on any atom is 0.0435 e. The van der Waals surface area contributed by atoms with E-state index in [1.807, 2.05) is 13.0 Å². The van der Waals surface area contributed by atoms with Crippen molar-refractivity contribution in [2.45, 2.75) is 13.5 Å².